The zero-order valence-electron chi connectivity index (χ0n) is 17.8. The van der Waals surface area contributed by atoms with E-state index in [1.807, 2.05) is 48.5 Å². The molecule has 4 aliphatic heterocycles. The van der Waals surface area contributed by atoms with Gasteiger partial charge in [-0.1, -0.05) is 60.7 Å². The van der Waals surface area contributed by atoms with E-state index in [0.29, 0.717) is 13.2 Å². The van der Waals surface area contributed by atoms with E-state index in [1.165, 1.54) is 0 Å². The van der Waals surface area contributed by atoms with E-state index in [2.05, 4.69) is 24.0 Å². The Balaban J connectivity index is 1.25. The Labute approximate surface area is 183 Å². The van der Waals surface area contributed by atoms with Gasteiger partial charge in [-0.2, -0.15) is 0 Å². The van der Waals surface area contributed by atoms with Crippen molar-refractivity contribution in [3.05, 3.63) is 71.8 Å². The summed E-state index contributed by atoms with van der Waals surface area (Å²) in [6.45, 7) is 4.14. The smallest absolute Gasteiger partial charge is 0.184 e. The molecule has 4 aliphatic rings. The van der Waals surface area contributed by atoms with Gasteiger partial charge in [0.05, 0.1) is 19.3 Å². The van der Waals surface area contributed by atoms with Gasteiger partial charge >= 0.3 is 0 Å². The van der Waals surface area contributed by atoms with Crippen molar-refractivity contribution in [1.29, 1.82) is 0 Å². The number of hydrogen-bond donors (Lipinski definition) is 0. The summed E-state index contributed by atoms with van der Waals surface area (Å²) in [6, 6.07) is 20.3. The van der Waals surface area contributed by atoms with Crippen molar-refractivity contribution in [2.75, 3.05) is 13.2 Å². The summed E-state index contributed by atoms with van der Waals surface area (Å²) >= 11 is 0. The highest BCUT2D eigenvalue weighted by Crippen LogP contribution is 2.48. The molecule has 0 aliphatic carbocycles. The first kappa shape index (κ1) is 19.9. The van der Waals surface area contributed by atoms with Crippen molar-refractivity contribution >= 4 is 0 Å². The van der Waals surface area contributed by atoms with E-state index in [4.69, 9.17) is 23.7 Å². The van der Waals surface area contributed by atoms with E-state index in [9.17, 15) is 0 Å². The summed E-state index contributed by atoms with van der Waals surface area (Å²) in [4.78, 5) is 2.43. The standard InChI is InChI=1S/C25H29NO5/c1-25-13-8-14-26(25)20-22(31-25)21-19(16-28-23(30-21)18-11-6-3-7-12-18)29-24(20)27-15-17-9-4-2-5-10-17/h2-7,9-12,19-24H,8,13-16H2,1H3/t19-,20-,21-,22+,23?,24-,25-/m1/s1. The van der Waals surface area contributed by atoms with Gasteiger partial charge in [0.15, 0.2) is 12.6 Å². The van der Waals surface area contributed by atoms with Crippen molar-refractivity contribution in [3.8, 4) is 0 Å². The second kappa shape index (κ2) is 7.96. The summed E-state index contributed by atoms with van der Waals surface area (Å²) in [7, 11) is 0. The minimum absolute atomic E-state index is 0.00647. The molecular formula is C25H29NO5. The predicted molar refractivity (Wildman–Crippen MR) is 113 cm³/mol. The monoisotopic (exact) mass is 423 g/mol. The number of ether oxygens (including phenoxy) is 5. The quantitative estimate of drug-likeness (QED) is 0.749. The second-order valence-corrected chi connectivity index (χ2v) is 9.06. The normalized spacial score (nSPS) is 39.6. The third-order valence-electron chi connectivity index (χ3n) is 7.03. The van der Waals surface area contributed by atoms with Crippen LogP contribution in [0.4, 0.5) is 0 Å². The number of fused-ring (bicyclic) bond motifs is 5. The van der Waals surface area contributed by atoms with Gasteiger partial charge in [-0.15, -0.1) is 0 Å². The van der Waals surface area contributed by atoms with Crippen LogP contribution in [-0.4, -0.2) is 54.4 Å². The molecule has 0 aromatic heterocycles. The molecule has 1 unspecified atom stereocenters. The largest absolute Gasteiger partial charge is 0.353 e. The molecule has 6 rings (SSSR count). The molecule has 0 spiro atoms. The van der Waals surface area contributed by atoms with Crippen LogP contribution in [0.5, 0.6) is 0 Å². The zero-order chi connectivity index (χ0) is 20.8. The Kier molecular flexibility index (Phi) is 5.10. The number of rotatable bonds is 4. The van der Waals surface area contributed by atoms with Gasteiger partial charge in [0.25, 0.3) is 0 Å². The van der Waals surface area contributed by atoms with E-state index in [0.717, 1.165) is 30.5 Å². The summed E-state index contributed by atoms with van der Waals surface area (Å²) in [6.07, 6.45) is 0.831. The summed E-state index contributed by atoms with van der Waals surface area (Å²) in [5.41, 5.74) is 1.86. The maximum atomic E-state index is 6.70. The average molecular weight is 424 g/mol. The first-order valence-electron chi connectivity index (χ1n) is 11.3. The SMILES string of the molecule is C[C@@]12CCCN1[C@H]1[C@H](OCc3ccccc3)O[C@@H]3COC(c4ccccc4)O[C@H]3[C@H]1O2. The third-order valence-corrected chi connectivity index (χ3v) is 7.03. The summed E-state index contributed by atoms with van der Waals surface area (Å²) in [5.74, 6) is 0. The molecule has 0 amide bonds. The molecule has 2 aromatic carbocycles. The lowest BCUT2D eigenvalue weighted by atomic mass is 9.95. The van der Waals surface area contributed by atoms with Crippen LogP contribution in [0.3, 0.4) is 0 Å². The highest BCUT2D eigenvalue weighted by Gasteiger charge is 2.63. The van der Waals surface area contributed by atoms with Crippen molar-refractivity contribution < 1.29 is 23.7 Å². The van der Waals surface area contributed by atoms with Crippen LogP contribution in [0.1, 0.15) is 37.2 Å². The van der Waals surface area contributed by atoms with Crippen molar-refractivity contribution in [3.63, 3.8) is 0 Å². The maximum Gasteiger partial charge on any atom is 0.184 e. The fourth-order valence-electron chi connectivity index (χ4n) is 5.53. The molecule has 2 aromatic rings. The molecule has 6 nitrogen and oxygen atoms in total. The van der Waals surface area contributed by atoms with Gasteiger partial charge in [-0.25, -0.2) is 0 Å². The van der Waals surface area contributed by atoms with Gasteiger partial charge in [-0.05, 0) is 25.3 Å². The topological polar surface area (TPSA) is 49.4 Å². The Bertz CT molecular complexity index is 895. The second-order valence-electron chi connectivity index (χ2n) is 9.06. The minimum Gasteiger partial charge on any atom is -0.353 e. The van der Waals surface area contributed by atoms with E-state index in [-0.39, 0.29) is 36.4 Å². The molecule has 31 heavy (non-hydrogen) atoms. The first-order valence-corrected chi connectivity index (χ1v) is 11.3. The molecule has 4 saturated heterocycles. The fourth-order valence-corrected chi connectivity index (χ4v) is 5.53. The van der Waals surface area contributed by atoms with E-state index >= 15 is 0 Å². The molecule has 6 heteroatoms. The van der Waals surface area contributed by atoms with Crippen LogP contribution in [0.15, 0.2) is 60.7 Å². The highest BCUT2D eigenvalue weighted by molar-refractivity contribution is 5.17. The molecule has 0 bridgehead atoms. The molecule has 4 heterocycles. The Morgan fingerprint density at radius 1 is 1.00 bits per heavy atom. The Hall–Kier alpha value is -1.80. The summed E-state index contributed by atoms with van der Waals surface area (Å²) in [5, 5.41) is 0. The Morgan fingerprint density at radius 2 is 1.77 bits per heavy atom. The lowest BCUT2D eigenvalue weighted by Crippen LogP contribution is -2.63. The van der Waals surface area contributed by atoms with E-state index < -0.39 is 6.29 Å². The Morgan fingerprint density at radius 3 is 2.58 bits per heavy atom. The highest BCUT2D eigenvalue weighted by atomic mass is 16.8. The van der Waals surface area contributed by atoms with Crippen LogP contribution in [0.2, 0.25) is 0 Å². The molecular weight excluding hydrogens is 394 g/mol. The molecule has 0 N–H and O–H groups in total. The molecule has 4 fully saturated rings. The van der Waals surface area contributed by atoms with Crippen molar-refractivity contribution in [2.45, 2.75) is 69.0 Å². The van der Waals surface area contributed by atoms with Crippen molar-refractivity contribution in [1.82, 2.24) is 4.90 Å². The van der Waals surface area contributed by atoms with Crippen LogP contribution in [-0.2, 0) is 30.3 Å². The molecule has 0 radical (unpaired) electrons. The van der Waals surface area contributed by atoms with Crippen LogP contribution in [0.25, 0.3) is 0 Å². The minimum atomic E-state index is -0.402. The van der Waals surface area contributed by atoms with E-state index in [1.54, 1.807) is 0 Å². The average Bonchev–Trinajstić information content (AvgIpc) is 3.32. The third kappa shape index (κ3) is 3.52. The fraction of sp³-hybridized carbons (Fsp3) is 0.520. The molecule has 0 saturated carbocycles. The lowest BCUT2D eigenvalue weighted by Gasteiger charge is -2.47. The zero-order valence-corrected chi connectivity index (χ0v) is 17.8. The van der Waals surface area contributed by atoms with Crippen molar-refractivity contribution in [2.24, 2.45) is 0 Å². The van der Waals surface area contributed by atoms with Gasteiger partial charge in [0.1, 0.15) is 24.0 Å². The molecule has 164 valence electrons. The van der Waals surface area contributed by atoms with Gasteiger partial charge < -0.3 is 23.7 Å². The van der Waals surface area contributed by atoms with Crippen LogP contribution >= 0.6 is 0 Å². The summed E-state index contributed by atoms with van der Waals surface area (Å²) < 4.78 is 32.0. The van der Waals surface area contributed by atoms with Gasteiger partial charge in [0.2, 0.25) is 0 Å². The number of benzene rings is 2. The number of hydrogen-bond acceptors (Lipinski definition) is 6. The number of nitrogens with zero attached hydrogens (tertiary/aromatic N) is 1. The molecule has 7 atom stereocenters. The predicted octanol–water partition coefficient (Wildman–Crippen LogP) is 3.62. The van der Waals surface area contributed by atoms with Crippen LogP contribution < -0.4 is 0 Å². The van der Waals surface area contributed by atoms with Crippen LogP contribution in [0, 0.1) is 0 Å². The maximum absolute atomic E-state index is 6.70. The van der Waals surface area contributed by atoms with Gasteiger partial charge in [0, 0.05) is 12.1 Å². The first-order chi connectivity index (χ1) is 15.2. The lowest BCUT2D eigenvalue weighted by molar-refractivity contribution is -0.344. The van der Waals surface area contributed by atoms with Gasteiger partial charge in [-0.3, -0.25) is 4.90 Å².